The van der Waals surface area contributed by atoms with Gasteiger partial charge in [0.25, 0.3) is 0 Å². The number of nitrogen functional groups attached to an aromatic ring is 1. The van der Waals surface area contributed by atoms with Gasteiger partial charge in [0.2, 0.25) is 0 Å². The lowest BCUT2D eigenvalue weighted by Gasteiger charge is -2.13. The molecule has 2 aromatic rings. The molecule has 0 unspecified atom stereocenters. The van der Waals surface area contributed by atoms with Crippen LogP contribution in [0.25, 0.3) is 10.9 Å². The lowest BCUT2D eigenvalue weighted by Crippen LogP contribution is -2.09. The highest BCUT2D eigenvalue weighted by atomic mass is 19.1. The van der Waals surface area contributed by atoms with E-state index < -0.39 is 0 Å². The fourth-order valence-electron chi connectivity index (χ4n) is 2.78. The number of benzene rings is 1. The first-order valence-electron chi connectivity index (χ1n) is 6.35. The molecule has 3 N–H and O–H groups in total. The van der Waals surface area contributed by atoms with Crippen LogP contribution in [0, 0.1) is 5.82 Å². The van der Waals surface area contributed by atoms with Crippen LogP contribution in [0.2, 0.25) is 0 Å². The lowest BCUT2D eigenvalue weighted by atomic mass is 10.0. The van der Waals surface area contributed by atoms with Gasteiger partial charge in [-0.3, -0.25) is 5.84 Å². The molecule has 0 aliphatic heterocycles. The summed E-state index contributed by atoms with van der Waals surface area (Å²) in [6.07, 6.45) is 4.73. The third kappa shape index (κ3) is 1.82. The van der Waals surface area contributed by atoms with Crippen LogP contribution >= 0.6 is 0 Å². The summed E-state index contributed by atoms with van der Waals surface area (Å²) >= 11 is 0. The average Bonchev–Trinajstić information content (AvgIpc) is 2.92. The lowest BCUT2D eigenvalue weighted by molar-refractivity contribution is 0.633. The molecule has 0 amide bonds. The van der Waals surface area contributed by atoms with Crippen molar-refractivity contribution >= 4 is 16.6 Å². The molecule has 1 fully saturated rings. The number of hydrogen-bond acceptors (Lipinski definition) is 3. The maximum Gasteiger partial charge on any atom is 0.149 e. The van der Waals surface area contributed by atoms with Gasteiger partial charge < -0.3 is 5.43 Å². The molecule has 1 aromatic heterocycles. The monoisotopic (exact) mass is 245 g/mol. The molecule has 3 nitrogen and oxygen atoms in total. The summed E-state index contributed by atoms with van der Waals surface area (Å²) in [6, 6.07) is 6.90. The van der Waals surface area contributed by atoms with Gasteiger partial charge in [-0.25, -0.2) is 9.37 Å². The Bertz CT molecular complexity index is 577. The highest BCUT2D eigenvalue weighted by Gasteiger charge is 2.20. The number of hydrazine groups is 1. The Morgan fingerprint density at radius 2 is 2.06 bits per heavy atom. The van der Waals surface area contributed by atoms with Gasteiger partial charge in [0.15, 0.2) is 0 Å². The summed E-state index contributed by atoms with van der Waals surface area (Å²) in [7, 11) is 0. The topological polar surface area (TPSA) is 50.9 Å². The molecule has 0 spiro atoms. The van der Waals surface area contributed by atoms with E-state index >= 15 is 0 Å². The van der Waals surface area contributed by atoms with Crippen molar-refractivity contribution < 1.29 is 4.39 Å². The molecule has 4 heteroatoms. The zero-order valence-electron chi connectivity index (χ0n) is 10.1. The number of aromatic nitrogens is 1. The van der Waals surface area contributed by atoms with E-state index in [0.717, 1.165) is 29.6 Å². The van der Waals surface area contributed by atoms with Crippen molar-refractivity contribution in [2.24, 2.45) is 5.84 Å². The van der Waals surface area contributed by atoms with Crippen LogP contribution < -0.4 is 11.3 Å². The van der Waals surface area contributed by atoms with Crippen LogP contribution in [0.4, 0.5) is 10.1 Å². The second kappa shape index (κ2) is 4.53. The minimum absolute atomic E-state index is 0.288. The summed E-state index contributed by atoms with van der Waals surface area (Å²) in [5.41, 5.74) is 4.77. The number of hydrogen-bond donors (Lipinski definition) is 2. The van der Waals surface area contributed by atoms with Gasteiger partial charge in [0.1, 0.15) is 11.3 Å². The Kier molecular flexibility index (Phi) is 2.88. The van der Waals surface area contributed by atoms with E-state index in [1.165, 1.54) is 18.9 Å². The van der Waals surface area contributed by atoms with E-state index in [1.807, 2.05) is 12.1 Å². The van der Waals surface area contributed by atoms with Crippen molar-refractivity contribution in [1.82, 2.24) is 4.98 Å². The predicted molar refractivity (Wildman–Crippen MR) is 70.7 cm³/mol. The number of halogens is 1. The smallest absolute Gasteiger partial charge is 0.149 e. The number of fused-ring (bicyclic) bond motifs is 1. The first-order valence-corrected chi connectivity index (χ1v) is 6.35. The van der Waals surface area contributed by atoms with Crippen molar-refractivity contribution in [3.63, 3.8) is 0 Å². The zero-order valence-corrected chi connectivity index (χ0v) is 10.1. The fourth-order valence-corrected chi connectivity index (χ4v) is 2.78. The van der Waals surface area contributed by atoms with E-state index in [4.69, 9.17) is 5.84 Å². The molecule has 0 bridgehead atoms. The van der Waals surface area contributed by atoms with Gasteiger partial charge in [0, 0.05) is 17.0 Å². The summed E-state index contributed by atoms with van der Waals surface area (Å²) in [5.74, 6) is 5.69. The van der Waals surface area contributed by atoms with E-state index in [2.05, 4.69) is 10.4 Å². The molecule has 1 saturated carbocycles. The number of nitrogens with one attached hydrogen (secondary N) is 1. The largest absolute Gasteiger partial charge is 0.323 e. The molecule has 1 aliphatic carbocycles. The number of para-hydroxylation sites is 1. The van der Waals surface area contributed by atoms with Gasteiger partial charge >= 0.3 is 0 Å². The first kappa shape index (κ1) is 11.4. The van der Waals surface area contributed by atoms with Crippen molar-refractivity contribution in [1.29, 1.82) is 0 Å². The third-order valence-corrected chi connectivity index (χ3v) is 3.74. The Labute approximate surface area is 105 Å². The maximum absolute atomic E-state index is 13.8. The molecular weight excluding hydrogens is 229 g/mol. The van der Waals surface area contributed by atoms with E-state index in [9.17, 15) is 4.39 Å². The molecule has 0 saturated heterocycles. The molecule has 18 heavy (non-hydrogen) atoms. The van der Waals surface area contributed by atoms with Gasteiger partial charge in [-0.05, 0) is 25.0 Å². The van der Waals surface area contributed by atoms with Crippen LogP contribution in [-0.4, -0.2) is 4.98 Å². The number of pyridine rings is 1. The maximum atomic E-state index is 13.8. The van der Waals surface area contributed by atoms with E-state index in [0.29, 0.717) is 11.4 Å². The molecule has 0 radical (unpaired) electrons. The Morgan fingerprint density at radius 3 is 2.78 bits per heavy atom. The Balaban J connectivity index is 2.19. The predicted octanol–water partition coefficient (Wildman–Crippen LogP) is 3.32. The van der Waals surface area contributed by atoms with Crippen molar-refractivity contribution in [3.8, 4) is 0 Å². The highest BCUT2D eigenvalue weighted by Crippen LogP contribution is 2.36. The van der Waals surface area contributed by atoms with Crippen LogP contribution in [0.5, 0.6) is 0 Å². The SMILES string of the molecule is NNc1cc(C2CCCC2)nc2c(F)cccc12. The highest BCUT2D eigenvalue weighted by molar-refractivity contribution is 5.91. The summed E-state index contributed by atoms with van der Waals surface area (Å²) in [4.78, 5) is 4.49. The van der Waals surface area contributed by atoms with E-state index in [1.54, 1.807) is 6.07 Å². The molecule has 94 valence electrons. The van der Waals surface area contributed by atoms with Crippen LogP contribution in [-0.2, 0) is 0 Å². The molecule has 3 rings (SSSR count). The molecule has 1 aliphatic rings. The number of nitrogens with zero attached hydrogens (tertiary/aromatic N) is 1. The minimum atomic E-state index is -0.288. The number of rotatable bonds is 2. The van der Waals surface area contributed by atoms with Crippen LogP contribution in [0.3, 0.4) is 0 Å². The zero-order chi connectivity index (χ0) is 12.5. The fraction of sp³-hybridized carbons (Fsp3) is 0.357. The molecule has 1 heterocycles. The summed E-state index contributed by atoms with van der Waals surface area (Å²) in [6.45, 7) is 0. The van der Waals surface area contributed by atoms with Crippen molar-refractivity contribution in [2.75, 3.05) is 5.43 Å². The minimum Gasteiger partial charge on any atom is -0.323 e. The molecular formula is C14H16FN3. The molecule has 0 atom stereocenters. The quantitative estimate of drug-likeness (QED) is 0.630. The van der Waals surface area contributed by atoms with Gasteiger partial charge in [-0.15, -0.1) is 0 Å². The average molecular weight is 245 g/mol. The third-order valence-electron chi connectivity index (χ3n) is 3.74. The van der Waals surface area contributed by atoms with Crippen molar-refractivity contribution in [3.05, 3.63) is 35.8 Å². The first-order chi connectivity index (χ1) is 8.79. The van der Waals surface area contributed by atoms with Gasteiger partial charge in [0.05, 0.1) is 5.69 Å². The number of nitrogens with two attached hydrogens (primary N) is 1. The van der Waals surface area contributed by atoms with Crippen LogP contribution in [0.1, 0.15) is 37.3 Å². The van der Waals surface area contributed by atoms with Gasteiger partial charge in [-0.1, -0.05) is 25.0 Å². The number of anilines is 1. The van der Waals surface area contributed by atoms with Crippen molar-refractivity contribution in [2.45, 2.75) is 31.6 Å². The normalized spacial score (nSPS) is 16.3. The summed E-state index contributed by atoms with van der Waals surface area (Å²) in [5, 5.41) is 0.735. The molecule has 1 aromatic carbocycles. The van der Waals surface area contributed by atoms with E-state index in [-0.39, 0.29) is 5.82 Å². The van der Waals surface area contributed by atoms with Crippen LogP contribution in [0.15, 0.2) is 24.3 Å². The second-order valence-corrected chi connectivity index (χ2v) is 4.86. The summed E-state index contributed by atoms with van der Waals surface area (Å²) < 4.78 is 13.8. The van der Waals surface area contributed by atoms with Gasteiger partial charge in [-0.2, -0.15) is 0 Å². The Morgan fingerprint density at radius 1 is 1.28 bits per heavy atom. The second-order valence-electron chi connectivity index (χ2n) is 4.86. The Hall–Kier alpha value is -1.68. The standard InChI is InChI=1S/C14H16FN3/c15-11-7-3-6-10-13(18-16)8-12(17-14(10)11)9-4-1-2-5-9/h3,6-9H,1-2,4-5,16H2,(H,17,18).